The van der Waals surface area contributed by atoms with Gasteiger partial charge in [-0.1, -0.05) is 0 Å². The fraction of sp³-hybridized carbons (Fsp3) is 0.900. The molecule has 102 valence electrons. The number of alkyl carbamates (subject to hydrolysis) is 1. The zero-order valence-electron chi connectivity index (χ0n) is 10.9. The van der Waals surface area contributed by atoms with Crippen molar-refractivity contribution in [3.05, 3.63) is 0 Å². The van der Waals surface area contributed by atoms with Crippen LogP contribution in [-0.4, -0.2) is 46.7 Å². The third kappa shape index (κ3) is 8.93. The molecule has 0 aromatic carbocycles. The Morgan fingerprint density at radius 2 is 1.76 bits per heavy atom. The number of likely N-dealkylation sites (N-methyl/N-ethyl adjacent to an activating group) is 1. The number of hydrogen-bond donors (Lipinski definition) is 4. The van der Waals surface area contributed by atoms with E-state index < -0.39 is 15.1 Å². The molecule has 1 atom stereocenters. The lowest BCUT2D eigenvalue weighted by molar-refractivity contribution is 0.0499. The maximum absolute atomic E-state index is 11.6. The molecule has 0 saturated carbocycles. The highest BCUT2D eigenvalue weighted by Gasteiger charge is 2.31. The summed E-state index contributed by atoms with van der Waals surface area (Å²) in [6.45, 7) is 5.99. The fourth-order valence-electron chi connectivity index (χ4n) is 1.08. The molecule has 0 aromatic rings. The van der Waals surface area contributed by atoms with E-state index in [0.29, 0.717) is 6.54 Å². The van der Waals surface area contributed by atoms with Crippen LogP contribution in [0.1, 0.15) is 20.8 Å². The summed E-state index contributed by atoms with van der Waals surface area (Å²) >= 11 is 12.7. The molecule has 0 bridgehead atoms. The first-order valence-corrected chi connectivity index (χ1v) is 6.57. The second kappa shape index (κ2) is 6.45. The van der Waals surface area contributed by atoms with E-state index in [9.17, 15) is 4.79 Å². The van der Waals surface area contributed by atoms with Crippen molar-refractivity contribution < 1.29 is 9.53 Å². The highest BCUT2D eigenvalue weighted by atomic mass is 32.2. The number of ether oxygens (including phenoxy) is 1. The van der Waals surface area contributed by atoms with Gasteiger partial charge in [0, 0.05) is 6.54 Å². The van der Waals surface area contributed by atoms with Crippen LogP contribution in [0.5, 0.6) is 0 Å². The zero-order valence-corrected chi connectivity index (χ0v) is 13.6. The Morgan fingerprint density at radius 3 is 2.06 bits per heavy atom. The molecule has 0 radical (unpaired) electrons. The zero-order chi connectivity index (χ0) is 13.9. The van der Waals surface area contributed by atoms with Gasteiger partial charge in [0.2, 0.25) is 0 Å². The van der Waals surface area contributed by atoms with Crippen LogP contribution < -0.4 is 5.32 Å². The van der Waals surface area contributed by atoms with Gasteiger partial charge in [-0.3, -0.25) is 0 Å². The summed E-state index contributed by atoms with van der Waals surface area (Å²) in [6, 6.07) is -0.345. The minimum absolute atomic E-state index is 0.345. The molecular formula is C10H22N2O2S3. The molecule has 0 aliphatic rings. The maximum atomic E-state index is 11.6. The van der Waals surface area contributed by atoms with Crippen molar-refractivity contribution in [3.63, 3.8) is 0 Å². The van der Waals surface area contributed by atoms with Gasteiger partial charge in [-0.05, 0) is 34.9 Å². The SMILES string of the molecule is CN(C)CC(NC(=O)OC(C)(C)C)C(S)(S)S. The summed E-state index contributed by atoms with van der Waals surface area (Å²) in [5, 5.41) is 2.71. The van der Waals surface area contributed by atoms with Crippen molar-refractivity contribution in [2.24, 2.45) is 0 Å². The van der Waals surface area contributed by atoms with E-state index in [1.54, 1.807) is 0 Å². The molecule has 4 nitrogen and oxygen atoms in total. The van der Waals surface area contributed by atoms with Crippen LogP contribution >= 0.6 is 37.9 Å². The van der Waals surface area contributed by atoms with E-state index in [4.69, 9.17) is 4.74 Å². The van der Waals surface area contributed by atoms with Gasteiger partial charge < -0.3 is 15.0 Å². The predicted octanol–water partition coefficient (Wildman–Crippen LogP) is 1.88. The largest absolute Gasteiger partial charge is 0.444 e. The summed E-state index contributed by atoms with van der Waals surface area (Å²) in [5.74, 6) is 0. The lowest BCUT2D eigenvalue weighted by Gasteiger charge is -2.32. The average Bonchev–Trinajstić information content (AvgIpc) is 1.95. The number of rotatable bonds is 4. The Bertz CT molecular complexity index is 259. The van der Waals surface area contributed by atoms with Gasteiger partial charge in [-0.15, -0.1) is 37.9 Å². The number of carbonyl (C=O) groups excluding carboxylic acids is 1. The molecule has 1 unspecified atom stereocenters. The molecule has 0 saturated heterocycles. The van der Waals surface area contributed by atoms with Crippen molar-refractivity contribution in [2.45, 2.75) is 35.8 Å². The third-order valence-electron chi connectivity index (χ3n) is 1.71. The van der Waals surface area contributed by atoms with E-state index in [2.05, 4.69) is 43.2 Å². The van der Waals surface area contributed by atoms with E-state index >= 15 is 0 Å². The molecule has 0 fully saturated rings. The van der Waals surface area contributed by atoms with E-state index in [0.717, 1.165) is 0 Å². The second-order valence-electron chi connectivity index (χ2n) is 5.15. The van der Waals surface area contributed by atoms with Crippen LogP contribution in [-0.2, 0) is 4.74 Å². The number of carbonyl (C=O) groups is 1. The summed E-state index contributed by atoms with van der Waals surface area (Å²) in [4.78, 5) is 13.6. The van der Waals surface area contributed by atoms with E-state index in [-0.39, 0.29) is 6.04 Å². The number of nitrogens with one attached hydrogen (secondary N) is 1. The first kappa shape index (κ1) is 17.3. The first-order chi connectivity index (χ1) is 7.42. The average molecular weight is 298 g/mol. The Hall–Kier alpha value is 0.280. The van der Waals surface area contributed by atoms with Crippen LogP contribution in [0.25, 0.3) is 0 Å². The normalized spacial score (nSPS) is 14.6. The van der Waals surface area contributed by atoms with Gasteiger partial charge in [0.1, 0.15) is 9.01 Å². The topological polar surface area (TPSA) is 41.6 Å². The van der Waals surface area contributed by atoms with Crippen molar-refractivity contribution >= 4 is 44.0 Å². The van der Waals surface area contributed by atoms with Crippen molar-refractivity contribution in [1.29, 1.82) is 0 Å². The summed E-state index contributed by atoms with van der Waals surface area (Å²) in [7, 11) is 3.79. The van der Waals surface area contributed by atoms with E-state index in [1.165, 1.54) is 0 Å². The van der Waals surface area contributed by atoms with Gasteiger partial charge in [-0.25, -0.2) is 4.79 Å². The minimum atomic E-state index is -0.916. The molecule has 7 heteroatoms. The summed E-state index contributed by atoms with van der Waals surface area (Å²) < 4.78 is 4.26. The standard InChI is InChI=1S/C10H22N2O2S3/c1-9(2,3)14-8(13)11-7(6-12(4)5)10(15,16)17/h7,15-17H,6H2,1-5H3,(H,11,13). The van der Waals surface area contributed by atoms with Gasteiger partial charge in [0.25, 0.3) is 0 Å². The van der Waals surface area contributed by atoms with Crippen molar-refractivity contribution in [2.75, 3.05) is 20.6 Å². The lowest BCUT2D eigenvalue weighted by atomic mass is 10.2. The molecule has 17 heavy (non-hydrogen) atoms. The van der Waals surface area contributed by atoms with Gasteiger partial charge in [0.05, 0.1) is 6.04 Å². The highest BCUT2D eigenvalue weighted by Crippen LogP contribution is 2.29. The second-order valence-corrected chi connectivity index (χ2v) is 8.32. The van der Waals surface area contributed by atoms with Crippen molar-refractivity contribution in [1.82, 2.24) is 10.2 Å². The van der Waals surface area contributed by atoms with Crippen LogP contribution in [0, 0.1) is 0 Å². The smallest absolute Gasteiger partial charge is 0.408 e. The molecule has 0 heterocycles. The predicted molar refractivity (Wildman–Crippen MR) is 81.4 cm³/mol. The Balaban J connectivity index is 4.50. The minimum Gasteiger partial charge on any atom is -0.444 e. The van der Waals surface area contributed by atoms with Gasteiger partial charge in [-0.2, -0.15) is 0 Å². The van der Waals surface area contributed by atoms with Crippen LogP contribution in [0.4, 0.5) is 4.79 Å². The van der Waals surface area contributed by atoms with E-state index in [1.807, 2.05) is 39.8 Å². The number of amides is 1. The third-order valence-corrected chi connectivity index (χ3v) is 2.64. The molecule has 0 aliphatic heterocycles. The Kier molecular flexibility index (Phi) is 6.55. The number of hydrogen-bond acceptors (Lipinski definition) is 6. The molecule has 0 spiro atoms. The summed E-state index contributed by atoms with van der Waals surface area (Å²) in [6.07, 6.45) is -0.495. The molecule has 1 N–H and O–H groups in total. The number of nitrogens with zero attached hydrogens (tertiary/aromatic N) is 1. The number of thiol groups is 3. The molecule has 0 aromatic heterocycles. The maximum Gasteiger partial charge on any atom is 0.408 e. The lowest BCUT2D eigenvalue weighted by Crippen LogP contribution is -2.50. The van der Waals surface area contributed by atoms with Gasteiger partial charge in [0.15, 0.2) is 0 Å². The Labute approximate surface area is 120 Å². The highest BCUT2D eigenvalue weighted by molar-refractivity contribution is 8.17. The summed E-state index contributed by atoms with van der Waals surface area (Å²) in [5.41, 5.74) is -0.529. The van der Waals surface area contributed by atoms with Crippen LogP contribution in [0.15, 0.2) is 0 Å². The molecular weight excluding hydrogens is 276 g/mol. The molecule has 0 aliphatic carbocycles. The fourth-order valence-corrected chi connectivity index (χ4v) is 1.52. The van der Waals surface area contributed by atoms with Crippen LogP contribution in [0.3, 0.4) is 0 Å². The van der Waals surface area contributed by atoms with Crippen LogP contribution in [0.2, 0.25) is 0 Å². The molecule has 1 amide bonds. The van der Waals surface area contributed by atoms with Crippen molar-refractivity contribution in [3.8, 4) is 0 Å². The Morgan fingerprint density at radius 1 is 1.29 bits per heavy atom. The molecule has 0 rings (SSSR count). The van der Waals surface area contributed by atoms with Gasteiger partial charge >= 0.3 is 6.09 Å². The quantitative estimate of drug-likeness (QED) is 0.473. The monoisotopic (exact) mass is 298 g/mol. The first-order valence-electron chi connectivity index (χ1n) is 5.23.